The molecule has 33 heavy (non-hydrogen) atoms. The highest BCUT2D eigenvalue weighted by Crippen LogP contribution is 2.41. The zero-order chi connectivity index (χ0) is 22.5. The van der Waals surface area contributed by atoms with Crippen LogP contribution in [0.2, 0.25) is 0 Å². The molecule has 3 N–H and O–H groups in total. The maximum Gasteiger partial charge on any atom is 0.321 e. The molecule has 0 aliphatic carbocycles. The Bertz CT molecular complexity index is 1150. The molecule has 170 valence electrons. The van der Waals surface area contributed by atoms with E-state index in [9.17, 15) is 9.59 Å². The largest absolute Gasteiger partial charge is 0.495 e. The first-order valence-electron chi connectivity index (χ1n) is 11.4. The number of nitrogens with one attached hydrogen (secondary N) is 1. The number of nitrogens with zero attached hydrogens (tertiary/aromatic N) is 4. The Morgan fingerprint density at radius 2 is 2.00 bits per heavy atom. The normalized spacial score (nSPS) is 24.1. The second kappa shape index (κ2) is 7.68. The van der Waals surface area contributed by atoms with Crippen LogP contribution >= 0.6 is 0 Å². The number of aliphatic imine (C=N–C) groups is 1. The lowest BCUT2D eigenvalue weighted by atomic mass is 10.0. The van der Waals surface area contributed by atoms with Gasteiger partial charge in [0.25, 0.3) is 0 Å². The molecule has 0 radical (unpaired) electrons. The molecule has 5 heterocycles. The van der Waals surface area contributed by atoms with E-state index in [1.807, 2.05) is 30.5 Å². The van der Waals surface area contributed by atoms with Crippen molar-refractivity contribution in [1.82, 2.24) is 15.1 Å². The van der Waals surface area contributed by atoms with Crippen molar-refractivity contribution in [1.29, 1.82) is 0 Å². The Labute approximate surface area is 191 Å². The quantitative estimate of drug-likeness (QED) is 0.732. The molecule has 3 amide bonds. The Morgan fingerprint density at radius 1 is 1.15 bits per heavy atom. The average molecular weight is 447 g/mol. The molecule has 9 nitrogen and oxygen atoms in total. The molecule has 6 rings (SSSR count). The lowest BCUT2D eigenvalue weighted by Crippen LogP contribution is -2.41. The monoisotopic (exact) mass is 446 g/mol. The van der Waals surface area contributed by atoms with Crippen LogP contribution in [0.15, 0.2) is 64.3 Å². The smallest absolute Gasteiger partial charge is 0.321 e. The third-order valence-corrected chi connectivity index (χ3v) is 6.98. The van der Waals surface area contributed by atoms with Crippen molar-refractivity contribution >= 4 is 23.5 Å². The van der Waals surface area contributed by atoms with Crippen molar-refractivity contribution in [3.8, 4) is 0 Å². The van der Waals surface area contributed by atoms with Crippen molar-refractivity contribution in [3.05, 3.63) is 64.8 Å². The van der Waals surface area contributed by atoms with Crippen LogP contribution in [-0.4, -0.2) is 66.4 Å². The van der Waals surface area contributed by atoms with Crippen LogP contribution in [0, 0.1) is 0 Å². The van der Waals surface area contributed by atoms with Crippen LogP contribution < -0.4 is 16.0 Å². The molecule has 1 aromatic rings. The fraction of sp³-hybridized carbons (Fsp3) is 0.375. The summed E-state index contributed by atoms with van der Waals surface area (Å²) in [6.45, 7) is 3.46. The molecule has 5 aliphatic rings. The van der Waals surface area contributed by atoms with Crippen molar-refractivity contribution in [2.45, 2.75) is 25.3 Å². The van der Waals surface area contributed by atoms with Crippen LogP contribution in [0.4, 0.5) is 10.5 Å². The molecule has 0 spiro atoms. The molecule has 0 unspecified atom stereocenters. The molecular weight excluding hydrogens is 420 g/mol. The number of nitrogens with two attached hydrogens (primary N) is 1. The van der Waals surface area contributed by atoms with Gasteiger partial charge in [-0.25, -0.2) is 9.79 Å². The summed E-state index contributed by atoms with van der Waals surface area (Å²) in [5.41, 5.74) is 11.8. The SMILES string of the molecule is NC(=O)[C@@H]1CCCN1C1=COCC2=C3C1=CN=C(c1ccc(N4CCNC4=O)cc1)N3CC2. The van der Waals surface area contributed by atoms with Crippen molar-refractivity contribution in [2.24, 2.45) is 10.7 Å². The topological polar surface area (TPSA) is 103 Å². The van der Waals surface area contributed by atoms with Gasteiger partial charge in [-0.1, -0.05) is 0 Å². The summed E-state index contributed by atoms with van der Waals surface area (Å²) in [5.74, 6) is 0.581. The number of ether oxygens (including phenoxy) is 1. The number of likely N-dealkylation sites (tertiary alicyclic amines) is 1. The van der Waals surface area contributed by atoms with E-state index in [4.69, 9.17) is 15.5 Å². The highest BCUT2D eigenvalue weighted by molar-refractivity contribution is 6.03. The highest BCUT2D eigenvalue weighted by Gasteiger charge is 2.39. The van der Waals surface area contributed by atoms with Gasteiger partial charge >= 0.3 is 6.03 Å². The number of hydrogen-bond acceptors (Lipinski definition) is 6. The minimum atomic E-state index is -0.321. The summed E-state index contributed by atoms with van der Waals surface area (Å²) in [4.78, 5) is 34.9. The van der Waals surface area contributed by atoms with Crippen LogP contribution in [0.25, 0.3) is 0 Å². The number of primary amides is 1. The van der Waals surface area contributed by atoms with Crippen LogP contribution in [0.5, 0.6) is 0 Å². The molecule has 5 aliphatic heterocycles. The number of carbonyl (C=O) groups excluding carboxylic acids is 2. The van der Waals surface area contributed by atoms with E-state index >= 15 is 0 Å². The Hall–Kier alpha value is -3.75. The third-order valence-electron chi connectivity index (χ3n) is 6.98. The molecule has 0 bridgehead atoms. The van der Waals surface area contributed by atoms with Gasteiger partial charge in [0, 0.05) is 49.2 Å². The number of amides is 3. The number of rotatable bonds is 4. The fourth-order valence-corrected chi connectivity index (χ4v) is 5.40. The standard InChI is InChI=1S/C24H26N6O3/c25-22(31)19-2-1-9-29(19)20-14-33-13-16-7-10-30-21(16)18(20)12-27-23(30)15-3-5-17(6-4-15)28-11-8-26-24(28)32/h3-6,12,14,19H,1-2,7-11,13H2,(H2,25,31)(H,26,32)/t19-/m0/s1. The fourth-order valence-electron chi connectivity index (χ4n) is 5.40. The van der Waals surface area contributed by atoms with Gasteiger partial charge in [0.15, 0.2) is 0 Å². The minimum absolute atomic E-state index is 0.0615. The van der Waals surface area contributed by atoms with E-state index < -0.39 is 0 Å². The summed E-state index contributed by atoms with van der Waals surface area (Å²) < 4.78 is 5.92. The summed E-state index contributed by atoms with van der Waals surface area (Å²) in [7, 11) is 0. The van der Waals surface area contributed by atoms with E-state index in [-0.39, 0.29) is 18.0 Å². The number of carbonyl (C=O) groups is 2. The van der Waals surface area contributed by atoms with Crippen molar-refractivity contribution in [2.75, 3.05) is 37.7 Å². The first-order valence-corrected chi connectivity index (χ1v) is 11.4. The second-order valence-corrected chi connectivity index (χ2v) is 8.85. The Kier molecular flexibility index (Phi) is 4.63. The maximum atomic E-state index is 12.0. The molecule has 2 fully saturated rings. The van der Waals surface area contributed by atoms with Crippen LogP contribution in [0.3, 0.4) is 0 Å². The first-order chi connectivity index (χ1) is 16.1. The molecule has 0 aromatic heterocycles. The van der Waals surface area contributed by atoms with Gasteiger partial charge < -0.3 is 25.6 Å². The maximum absolute atomic E-state index is 12.0. The predicted octanol–water partition coefficient (Wildman–Crippen LogP) is 1.64. The van der Waals surface area contributed by atoms with Crippen molar-refractivity contribution in [3.63, 3.8) is 0 Å². The third kappa shape index (κ3) is 3.18. The zero-order valence-electron chi connectivity index (χ0n) is 18.3. The van der Waals surface area contributed by atoms with Gasteiger partial charge in [-0.15, -0.1) is 0 Å². The molecule has 9 heteroatoms. The molecular formula is C24H26N6O3. The van der Waals surface area contributed by atoms with Gasteiger partial charge in [0.1, 0.15) is 24.7 Å². The van der Waals surface area contributed by atoms with E-state index in [1.165, 1.54) is 5.57 Å². The lowest BCUT2D eigenvalue weighted by molar-refractivity contribution is -0.121. The number of hydrogen-bond donors (Lipinski definition) is 2. The molecule has 0 saturated carbocycles. The number of anilines is 1. The van der Waals surface area contributed by atoms with Crippen molar-refractivity contribution < 1.29 is 14.3 Å². The number of benzene rings is 1. The van der Waals surface area contributed by atoms with Gasteiger partial charge in [-0.2, -0.15) is 0 Å². The second-order valence-electron chi connectivity index (χ2n) is 8.85. The molecule has 2 saturated heterocycles. The summed E-state index contributed by atoms with van der Waals surface area (Å²) >= 11 is 0. The molecule has 1 aromatic carbocycles. The first kappa shape index (κ1) is 19.9. The van der Waals surface area contributed by atoms with E-state index in [2.05, 4.69) is 15.1 Å². The Balaban J connectivity index is 1.35. The summed E-state index contributed by atoms with van der Waals surface area (Å²) in [5, 5.41) is 2.83. The van der Waals surface area contributed by atoms with Gasteiger partial charge in [0.2, 0.25) is 5.91 Å². The minimum Gasteiger partial charge on any atom is -0.495 e. The highest BCUT2D eigenvalue weighted by atomic mass is 16.5. The van der Waals surface area contributed by atoms with Crippen LogP contribution in [0.1, 0.15) is 24.8 Å². The summed E-state index contributed by atoms with van der Waals surface area (Å²) in [6, 6.07) is 7.59. The van der Waals surface area contributed by atoms with E-state index in [1.54, 1.807) is 11.2 Å². The van der Waals surface area contributed by atoms with Gasteiger partial charge in [-0.3, -0.25) is 9.69 Å². The number of urea groups is 1. The van der Waals surface area contributed by atoms with Gasteiger partial charge in [-0.05, 0) is 49.1 Å². The van der Waals surface area contributed by atoms with Crippen LogP contribution in [-0.2, 0) is 9.53 Å². The average Bonchev–Trinajstić information content (AvgIpc) is 3.54. The predicted molar refractivity (Wildman–Crippen MR) is 123 cm³/mol. The summed E-state index contributed by atoms with van der Waals surface area (Å²) in [6.07, 6.45) is 6.23. The zero-order valence-corrected chi connectivity index (χ0v) is 18.3. The van der Waals surface area contributed by atoms with Gasteiger partial charge in [0.05, 0.1) is 11.4 Å². The Morgan fingerprint density at radius 3 is 2.76 bits per heavy atom. The lowest BCUT2D eigenvalue weighted by Gasteiger charge is -2.33. The molecule has 1 atom stereocenters. The van der Waals surface area contributed by atoms with E-state index in [0.717, 1.165) is 66.4 Å². The van der Waals surface area contributed by atoms with E-state index in [0.29, 0.717) is 19.7 Å². The number of amidine groups is 1.